The van der Waals surface area contributed by atoms with Gasteiger partial charge in [0.1, 0.15) is 0 Å². The Morgan fingerprint density at radius 2 is 2.10 bits per heavy atom. The molecule has 0 amide bonds. The lowest BCUT2D eigenvalue weighted by molar-refractivity contribution is -0.141. The molecule has 1 heterocycles. The first-order valence-electron chi connectivity index (χ1n) is 6.72. The molecule has 0 spiro atoms. The third-order valence-corrected chi connectivity index (χ3v) is 3.13. The molecule has 0 aliphatic heterocycles. The van der Waals surface area contributed by atoms with Gasteiger partial charge in [-0.1, -0.05) is 36.3 Å². The lowest BCUT2D eigenvalue weighted by Gasteiger charge is -2.05. The summed E-state index contributed by atoms with van der Waals surface area (Å²) in [5.74, 6) is 0.816. The highest BCUT2D eigenvalue weighted by Crippen LogP contribution is 2.18. The average molecular weight is 290 g/mol. The smallest absolute Gasteiger partial charge is 0.305 e. The zero-order valence-electron chi connectivity index (χ0n) is 12.1. The summed E-state index contributed by atoms with van der Waals surface area (Å²) in [6, 6.07) is 7.28. The SMILES string of the molecule is COC(=O)CC(C)Cc1nc(-c2ccc(CO)cc2)no1. The van der Waals surface area contributed by atoms with Crippen LogP contribution in [-0.2, 0) is 22.6 Å². The minimum absolute atomic E-state index is 0.00279. The van der Waals surface area contributed by atoms with Crippen molar-refractivity contribution >= 4 is 5.97 Å². The lowest BCUT2D eigenvalue weighted by Crippen LogP contribution is -2.09. The molecule has 1 atom stereocenters. The Morgan fingerprint density at radius 3 is 2.71 bits per heavy atom. The van der Waals surface area contributed by atoms with Crippen LogP contribution in [0.4, 0.5) is 0 Å². The maximum Gasteiger partial charge on any atom is 0.305 e. The van der Waals surface area contributed by atoms with Gasteiger partial charge < -0.3 is 14.4 Å². The lowest BCUT2D eigenvalue weighted by atomic mass is 10.0. The van der Waals surface area contributed by atoms with E-state index in [1.807, 2.05) is 31.2 Å². The zero-order chi connectivity index (χ0) is 15.2. The molecular weight excluding hydrogens is 272 g/mol. The van der Waals surface area contributed by atoms with Gasteiger partial charge in [-0.25, -0.2) is 0 Å². The van der Waals surface area contributed by atoms with Crippen LogP contribution < -0.4 is 0 Å². The number of benzene rings is 1. The summed E-state index contributed by atoms with van der Waals surface area (Å²) in [6.07, 6.45) is 0.843. The van der Waals surface area contributed by atoms with Crippen molar-refractivity contribution in [1.29, 1.82) is 0 Å². The van der Waals surface area contributed by atoms with Crippen LogP contribution in [0.1, 0.15) is 24.8 Å². The first kappa shape index (κ1) is 15.2. The largest absolute Gasteiger partial charge is 0.469 e. The van der Waals surface area contributed by atoms with Crippen LogP contribution in [0, 0.1) is 5.92 Å². The van der Waals surface area contributed by atoms with E-state index >= 15 is 0 Å². The molecule has 1 unspecified atom stereocenters. The average Bonchev–Trinajstić information content (AvgIpc) is 2.95. The Hall–Kier alpha value is -2.21. The Kier molecular flexibility index (Phi) is 5.05. The number of methoxy groups -OCH3 is 1. The fourth-order valence-corrected chi connectivity index (χ4v) is 1.95. The summed E-state index contributed by atoms with van der Waals surface area (Å²) >= 11 is 0. The molecule has 0 radical (unpaired) electrons. The van der Waals surface area contributed by atoms with Crippen LogP contribution in [0.5, 0.6) is 0 Å². The third kappa shape index (κ3) is 4.13. The van der Waals surface area contributed by atoms with Crippen LogP contribution in [0.15, 0.2) is 28.8 Å². The molecule has 112 valence electrons. The molecular formula is C15H18N2O4. The summed E-state index contributed by atoms with van der Waals surface area (Å²) in [7, 11) is 1.37. The highest BCUT2D eigenvalue weighted by atomic mass is 16.5. The van der Waals surface area contributed by atoms with E-state index in [1.165, 1.54) is 7.11 Å². The van der Waals surface area contributed by atoms with Gasteiger partial charge in [-0.2, -0.15) is 4.98 Å². The molecule has 6 nitrogen and oxygen atoms in total. The predicted octanol–water partition coefficient (Wildman–Crippen LogP) is 1.97. The van der Waals surface area contributed by atoms with Gasteiger partial charge in [0.2, 0.25) is 11.7 Å². The highest BCUT2D eigenvalue weighted by molar-refractivity contribution is 5.69. The fourth-order valence-electron chi connectivity index (χ4n) is 1.95. The molecule has 0 aliphatic carbocycles. The number of aliphatic hydroxyl groups excluding tert-OH is 1. The minimum Gasteiger partial charge on any atom is -0.469 e. The molecule has 0 aliphatic rings. The number of aromatic nitrogens is 2. The van der Waals surface area contributed by atoms with Crippen molar-refractivity contribution < 1.29 is 19.2 Å². The molecule has 0 bridgehead atoms. The molecule has 1 aromatic carbocycles. The number of hydrogen-bond donors (Lipinski definition) is 1. The molecule has 21 heavy (non-hydrogen) atoms. The summed E-state index contributed by atoms with van der Waals surface area (Å²) in [6.45, 7) is 1.93. The standard InChI is InChI=1S/C15H18N2O4/c1-10(8-14(19)20-2)7-13-16-15(17-21-13)12-5-3-11(9-18)4-6-12/h3-6,10,18H,7-9H2,1-2H3. The third-order valence-electron chi connectivity index (χ3n) is 3.13. The number of nitrogens with zero attached hydrogens (tertiary/aromatic N) is 2. The first-order chi connectivity index (χ1) is 10.1. The maximum absolute atomic E-state index is 11.2. The number of rotatable bonds is 6. The number of ether oxygens (including phenoxy) is 1. The van der Waals surface area contributed by atoms with Crippen molar-refractivity contribution in [2.75, 3.05) is 7.11 Å². The maximum atomic E-state index is 11.2. The Morgan fingerprint density at radius 1 is 1.38 bits per heavy atom. The van der Waals surface area contributed by atoms with Gasteiger partial charge in [0.25, 0.3) is 0 Å². The van der Waals surface area contributed by atoms with Gasteiger partial charge in [-0.05, 0) is 11.5 Å². The van der Waals surface area contributed by atoms with Crippen molar-refractivity contribution in [2.24, 2.45) is 5.92 Å². The first-order valence-corrected chi connectivity index (χ1v) is 6.72. The highest BCUT2D eigenvalue weighted by Gasteiger charge is 2.15. The summed E-state index contributed by atoms with van der Waals surface area (Å²) < 4.78 is 9.83. The van der Waals surface area contributed by atoms with Gasteiger partial charge in [0.15, 0.2) is 0 Å². The van der Waals surface area contributed by atoms with Gasteiger partial charge >= 0.3 is 5.97 Å². The van der Waals surface area contributed by atoms with Crippen LogP contribution in [0.25, 0.3) is 11.4 Å². The van der Waals surface area contributed by atoms with E-state index in [4.69, 9.17) is 9.63 Å². The topological polar surface area (TPSA) is 85.5 Å². The van der Waals surface area contributed by atoms with Crippen molar-refractivity contribution in [1.82, 2.24) is 10.1 Å². The summed E-state index contributed by atoms with van der Waals surface area (Å²) in [5.41, 5.74) is 1.65. The number of aliphatic hydroxyl groups is 1. The van der Waals surface area contributed by atoms with Crippen LogP contribution in [0.2, 0.25) is 0 Å². The van der Waals surface area contributed by atoms with Gasteiger partial charge in [-0.3, -0.25) is 4.79 Å². The number of carbonyl (C=O) groups is 1. The minimum atomic E-state index is -0.248. The Bertz CT molecular complexity index is 592. The van der Waals surface area contributed by atoms with E-state index in [2.05, 4.69) is 14.9 Å². The molecule has 2 rings (SSSR count). The van der Waals surface area contributed by atoms with Gasteiger partial charge in [0, 0.05) is 18.4 Å². The molecule has 0 saturated carbocycles. The summed E-state index contributed by atoms with van der Waals surface area (Å²) in [4.78, 5) is 15.5. The molecule has 0 saturated heterocycles. The van der Waals surface area contributed by atoms with Gasteiger partial charge in [0.05, 0.1) is 13.7 Å². The van der Waals surface area contributed by atoms with Gasteiger partial charge in [-0.15, -0.1) is 0 Å². The van der Waals surface area contributed by atoms with Crippen molar-refractivity contribution in [3.63, 3.8) is 0 Å². The molecule has 1 aromatic heterocycles. The summed E-state index contributed by atoms with van der Waals surface area (Å²) in [5, 5.41) is 12.9. The molecule has 1 N–H and O–H groups in total. The normalized spacial score (nSPS) is 12.1. The van der Waals surface area contributed by atoms with E-state index in [9.17, 15) is 4.79 Å². The molecule has 2 aromatic rings. The van der Waals surface area contributed by atoms with E-state index in [0.717, 1.165) is 11.1 Å². The van der Waals surface area contributed by atoms with Crippen LogP contribution in [-0.4, -0.2) is 28.3 Å². The second-order valence-electron chi connectivity index (χ2n) is 4.96. The van der Waals surface area contributed by atoms with E-state index in [-0.39, 0.29) is 18.5 Å². The van der Waals surface area contributed by atoms with E-state index in [0.29, 0.717) is 24.6 Å². The van der Waals surface area contributed by atoms with Crippen LogP contribution in [0.3, 0.4) is 0 Å². The second-order valence-corrected chi connectivity index (χ2v) is 4.96. The monoisotopic (exact) mass is 290 g/mol. The van der Waals surface area contributed by atoms with Crippen molar-refractivity contribution in [2.45, 2.75) is 26.4 Å². The molecule has 0 fully saturated rings. The van der Waals surface area contributed by atoms with E-state index in [1.54, 1.807) is 0 Å². The number of hydrogen-bond acceptors (Lipinski definition) is 6. The Labute approximate surface area is 122 Å². The fraction of sp³-hybridized carbons (Fsp3) is 0.400. The number of carbonyl (C=O) groups excluding carboxylic acids is 1. The predicted molar refractivity (Wildman–Crippen MR) is 75.2 cm³/mol. The van der Waals surface area contributed by atoms with Crippen molar-refractivity contribution in [3.8, 4) is 11.4 Å². The number of esters is 1. The van der Waals surface area contributed by atoms with Crippen LogP contribution >= 0.6 is 0 Å². The second kappa shape index (κ2) is 6.99. The molecule has 6 heteroatoms. The van der Waals surface area contributed by atoms with Crippen molar-refractivity contribution in [3.05, 3.63) is 35.7 Å². The Balaban J connectivity index is 2.01. The zero-order valence-corrected chi connectivity index (χ0v) is 12.1. The van der Waals surface area contributed by atoms with E-state index < -0.39 is 0 Å². The quantitative estimate of drug-likeness (QED) is 0.819.